The van der Waals surface area contributed by atoms with Crippen LogP contribution in [0.25, 0.3) is 0 Å². The molecule has 5 nitrogen and oxygen atoms in total. The van der Waals surface area contributed by atoms with Crippen molar-refractivity contribution < 1.29 is 9.53 Å². The fourth-order valence-electron chi connectivity index (χ4n) is 2.96. The van der Waals surface area contributed by atoms with E-state index in [1.165, 1.54) is 24.2 Å². The van der Waals surface area contributed by atoms with E-state index in [2.05, 4.69) is 16.5 Å². The maximum Gasteiger partial charge on any atom is 0.325 e. The van der Waals surface area contributed by atoms with E-state index in [1.807, 2.05) is 6.33 Å². The smallest absolute Gasteiger partial charge is 0.325 e. The summed E-state index contributed by atoms with van der Waals surface area (Å²) in [6.07, 6.45) is 7.00. The number of nitrogens with two attached hydrogens (primary N) is 1. The SMILES string of the molecule is CCOC(=O)C(C)(N)CC(C)n1cnc2c1CCCC2. The van der Waals surface area contributed by atoms with Crippen molar-refractivity contribution in [1.82, 2.24) is 9.55 Å². The first kappa shape index (κ1) is 15.0. The highest BCUT2D eigenvalue weighted by Gasteiger charge is 2.33. The normalized spacial score (nSPS) is 19.0. The van der Waals surface area contributed by atoms with Crippen LogP contribution in [0.3, 0.4) is 0 Å². The molecule has 2 rings (SSSR count). The molecule has 1 aliphatic rings. The topological polar surface area (TPSA) is 70.1 Å². The van der Waals surface area contributed by atoms with Gasteiger partial charge in [0.2, 0.25) is 0 Å². The van der Waals surface area contributed by atoms with E-state index in [-0.39, 0.29) is 12.0 Å². The van der Waals surface area contributed by atoms with E-state index in [0.29, 0.717) is 13.0 Å². The molecule has 20 heavy (non-hydrogen) atoms. The second kappa shape index (κ2) is 5.95. The van der Waals surface area contributed by atoms with Crippen molar-refractivity contribution in [2.24, 2.45) is 5.73 Å². The molecule has 5 heteroatoms. The monoisotopic (exact) mass is 279 g/mol. The average Bonchev–Trinajstić information content (AvgIpc) is 2.82. The van der Waals surface area contributed by atoms with Crippen LogP contribution in [0.15, 0.2) is 6.33 Å². The van der Waals surface area contributed by atoms with Crippen LogP contribution in [0.5, 0.6) is 0 Å². The van der Waals surface area contributed by atoms with Crippen LogP contribution in [0.4, 0.5) is 0 Å². The van der Waals surface area contributed by atoms with E-state index in [0.717, 1.165) is 12.8 Å². The van der Waals surface area contributed by atoms with Crippen molar-refractivity contribution >= 4 is 5.97 Å². The van der Waals surface area contributed by atoms with Crippen LogP contribution in [0, 0.1) is 0 Å². The van der Waals surface area contributed by atoms with Gasteiger partial charge < -0.3 is 15.0 Å². The number of nitrogens with zero attached hydrogens (tertiary/aromatic N) is 2. The predicted molar refractivity (Wildman–Crippen MR) is 77.4 cm³/mol. The quantitative estimate of drug-likeness (QED) is 0.837. The van der Waals surface area contributed by atoms with Crippen molar-refractivity contribution in [3.8, 4) is 0 Å². The highest BCUT2D eigenvalue weighted by Crippen LogP contribution is 2.27. The number of hydrogen-bond acceptors (Lipinski definition) is 4. The third-order valence-corrected chi connectivity index (χ3v) is 4.00. The summed E-state index contributed by atoms with van der Waals surface area (Å²) in [5.41, 5.74) is 7.68. The number of carbonyl (C=O) groups excluding carboxylic acids is 1. The van der Waals surface area contributed by atoms with Crippen LogP contribution in [0.1, 0.15) is 57.5 Å². The molecular weight excluding hydrogens is 254 g/mol. The molecule has 2 N–H and O–H groups in total. The molecule has 1 heterocycles. The molecule has 2 unspecified atom stereocenters. The van der Waals surface area contributed by atoms with Crippen LogP contribution in [-0.4, -0.2) is 27.7 Å². The lowest BCUT2D eigenvalue weighted by atomic mass is 9.94. The van der Waals surface area contributed by atoms with E-state index in [4.69, 9.17) is 10.5 Å². The third kappa shape index (κ3) is 3.03. The van der Waals surface area contributed by atoms with Crippen molar-refractivity contribution in [3.05, 3.63) is 17.7 Å². The zero-order valence-electron chi connectivity index (χ0n) is 12.7. The van der Waals surface area contributed by atoms with Gasteiger partial charge in [0.05, 0.1) is 18.6 Å². The summed E-state index contributed by atoms with van der Waals surface area (Å²) in [6, 6.07) is 0.142. The Hall–Kier alpha value is -1.36. The molecule has 0 aromatic carbocycles. The van der Waals surface area contributed by atoms with Crippen LogP contribution >= 0.6 is 0 Å². The first-order valence-corrected chi connectivity index (χ1v) is 7.46. The molecule has 0 bridgehead atoms. The summed E-state index contributed by atoms with van der Waals surface area (Å²) in [6.45, 7) is 5.98. The fraction of sp³-hybridized carbons (Fsp3) is 0.733. The summed E-state index contributed by atoms with van der Waals surface area (Å²) in [7, 11) is 0. The first-order chi connectivity index (χ1) is 9.45. The Labute approximate surface area is 120 Å². The van der Waals surface area contributed by atoms with Gasteiger partial charge in [0, 0.05) is 11.7 Å². The number of hydrogen-bond donors (Lipinski definition) is 1. The van der Waals surface area contributed by atoms with Gasteiger partial charge in [-0.15, -0.1) is 0 Å². The zero-order valence-corrected chi connectivity index (χ0v) is 12.7. The lowest BCUT2D eigenvalue weighted by Gasteiger charge is -2.27. The largest absolute Gasteiger partial charge is 0.465 e. The Bertz CT molecular complexity index is 479. The Morgan fingerprint density at radius 3 is 2.95 bits per heavy atom. The van der Waals surface area contributed by atoms with Crippen molar-refractivity contribution in [2.75, 3.05) is 6.61 Å². The highest BCUT2D eigenvalue weighted by molar-refractivity contribution is 5.80. The van der Waals surface area contributed by atoms with Gasteiger partial charge in [-0.1, -0.05) is 0 Å². The lowest BCUT2D eigenvalue weighted by Crippen LogP contribution is -2.47. The zero-order chi connectivity index (χ0) is 14.8. The number of fused-ring (bicyclic) bond motifs is 1. The predicted octanol–water partition coefficient (Wildman–Crippen LogP) is 1.99. The number of imidazole rings is 1. The molecule has 112 valence electrons. The molecule has 1 aromatic heterocycles. The van der Waals surface area contributed by atoms with Gasteiger partial charge in [0.25, 0.3) is 0 Å². The second-order valence-electron chi connectivity index (χ2n) is 5.94. The Morgan fingerprint density at radius 2 is 2.25 bits per heavy atom. The Balaban J connectivity index is 2.10. The molecule has 0 aliphatic heterocycles. The van der Waals surface area contributed by atoms with E-state index >= 15 is 0 Å². The minimum Gasteiger partial charge on any atom is -0.465 e. The van der Waals surface area contributed by atoms with E-state index in [1.54, 1.807) is 13.8 Å². The average molecular weight is 279 g/mol. The number of carbonyl (C=O) groups is 1. The molecule has 0 fully saturated rings. The minimum absolute atomic E-state index is 0.142. The summed E-state index contributed by atoms with van der Waals surface area (Å²) >= 11 is 0. The Kier molecular flexibility index (Phi) is 4.48. The minimum atomic E-state index is -0.957. The number of aromatic nitrogens is 2. The fourth-order valence-corrected chi connectivity index (χ4v) is 2.96. The lowest BCUT2D eigenvalue weighted by molar-refractivity contribution is -0.149. The van der Waals surface area contributed by atoms with Crippen LogP contribution < -0.4 is 5.73 Å². The molecular formula is C15H25N3O2. The van der Waals surface area contributed by atoms with E-state index in [9.17, 15) is 4.79 Å². The summed E-state index contributed by atoms with van der Waals surface area (Å²) in [5.74, 6) is -0.333. The molecule has 0 radical (unpaired) electrons. The van der Waals surface area contributed by atoms with Crippen molar-refractivity contribution in [1.29, 1.82) is 0 Å². The second-order valence-corrected chi connectivity index (χ2v) is 5.94. The standard InChI is InChI=1S/C15H25N3O2/c1-4-20-14(19)15(3,16)9-11(2)18-10-17-12-7-5-6-8-13(12)18/h10-11H,4-9,16H2,1-3H3. The van der Waals surface area contributed by atoms with Gasteiger partial charge in [0.1, 0.15) is 5.54 Å². The number of aryl methyl sites for hydroxylation is 1. The summed E-state index contributed by atoms with van der Waals surface area (Å²) in [5, 5.41) is 0. The van der Waals surface area contributed by atoms with E-state index < -0.39 is 5.54 Å². The van der Waals surface area contributed by atoms with Gasteiger partial charge in [-0.3, -0.25) is 4.79 Å². The summed E-state index contributed by atoms with van der Waals surface area (Å²) in [4.78, 5) is 16.4. The maximum absolute atomic E-state index is 11.9. The van der Waals surface area contributed by atoms with Gasteiger partial charge in [-0.2, -0.15) is 0 Å². The molecule has 0 saturated heterocycles. The van der Waals surface area contributed by atoms with Gasteiger partial charge in [-0.05, 0) is 52.9 Å². The maximum atomic E-state index is 11.9. The molecule has 2 atom stereocenters. The van der Waals surface area contributed by atoms with Crippen molar-refractivity contribution in [3.63, 3.8) is 0 Å². The third-order valence-electron chi connectivity index (χ3n) is 4.00. The number of esters is 1. The van der Waals surface area contributed by atoms with Crippen LogP contribution in [-0.2, 0) is 22.4 Å². The highest BCUT2D eigenvalue weighted by atomic mass is 16.5. The Morgan fingerprint density at radius 1 is 1.55 bits per heavy atom. The molecule has 1 aromatic rings. The van der Waals surface area contributed by atoms with Gasteiger partial charge in [-0.25, -0.2) is 4.98 Å². The van der Waals surface area contributed by atoms with Gasteiger partial charge >= 0.3 is 5.97 Å². The molecule has 0 spiro atoms. The summed E-state index contributed by atoms with van der Waals surface area (Å²) < 4.78 is 7.23. The van der Waals surface area contributed by atoms with Crippen molar-refractivity contribution in [2.45, 2.75) is 64.5 Å². The van der Waals surface area contributed by atoms with Crippen LogP contribution in [0.2, 0.25) is 0 Å². The first-order valence-electron chi connectivity index (χ1n) is 7.46. The number of rotatable bonds is 5. The molecule has 0 saturated carbocycles. The number of ether oxygens (including phenoxy) is 1. The molecule has 1 aliphatic carbocycles. The van der Waals surface area contributed by atoms with Gasteiger partial charge in [0.15, 0.2) is 0 Å². The molecule has 0 amide bonds.